The summed E-state index contributed by atoms with van der Waals surface area (Å²) in [6.07, 6.45) is -6.55. The van der Waals surface area contributed by atoms with Crippen molar-refractivity contribution in [3.05, 3.63) is 541 Å². The number of hydrogen-bond acceptors (Lipinski definition) is 1. The molecule has 16 aromatic rings. The van der Waals surface area contributed by atoms with Crippen molar-refractivity contribution in [1.82, 2.24) is 0 Å². The van der Waals surface area contributed by atoms with Crippen molar-refractivity contribution in [3.8, 4) is 22.6 Å². The first-order chi connectivity index (χ1) is 66.2. The molecule has 140 heavy (non-hydrogen) atoms. The summed E-state index contributed by atoms with van der Waals surface area (Å²) in [5.41, 5.74) is 41.2. The van der Waals surface area contributed by atoms with E-state index in [9.17, 15) is 26.3 Å². The van der Waals surface area contributed by atoms with E-state index in [1.165, 1.54) is 214 Å². The van der Waals surface area contributed by atoms with E-state index >= 15 is 0 Å². The number of aryl methyl sites for hydroxylation is 18. The van der Waals surface area contributed by atoms with Crippen molar-refractivity contribution >= 4 is 0 Å². The minimum atomic E-state index is -5.53. The zero-order valence-electron chi connectivity index (χ0n) is 87.9. The van der Waals surface area contributed by atoms with Gasteiger partial charge in [0.15, 0.2) is 0 Å². The minimum absolute atomic E-state index is 0.139. The Labute approximate surface area is 835 Å². The minimum Gasteiger partial charge on any atom is -0.457 e. The molecule has 18 rings (SSSR count). The van der Waals surface area contributed by atoms with Crippen LogP contribution in [0.15, 0.2) is 346 Å². The molecule has 1 nitrogen and oxygen atoms in total. The molecule has 726 valence electrons. The molecule has 2 aliphatic rings. The molecule has 16 aromatic carbocycles. The lowest BCUT2D eigenvalue weighted by Gasteiger charge is -2.38. The Hall–Kier alpha value is -13.1. The predicted molar refractivity (Wildman–Crippen MR) is 584 cm³/mol. The van der Waals surface area contributed by atoms with Gasteiger partial charge in [0.25, 0.3) is 0 Å². The summed E-state index contributed by atoms with van der Waals surface area (Å²) in [7, 11) is 0. The first kappa shape index (κ1) is 109. The lowest BCUT2D eigenvalue weighted by Crippen LogP contribution is -2.54. The molecule has 0 aliphatic heterocycles. The summed E-state index contributed by atoms with van der Waals surface area (Å²) in [4.78, 5) is 0. The van der Waals surface area contributed by atoms with Crippen LogP contribution in [0.1, 0.15) is 236 Å². The zero-order valence-corrected chi connectivity index (χ0v) is 87.9. The predicted octanol–water partition coefficient (Wildman–Crippen LogP) is 37.2. The van der Waals surface area contributed by atoms with Crippen LogP contribution in [0.4, 0.5) is 26.3 Å². The average molecular weight is 1870 g/mol. The Bertz CT molecular complexity index is 6270. The number of halogens is 6. The van der Waals surface area contributed by atoms with Gasteiger partial charge in [-0.25, -0.2) is 0 Å². The first-order valence-electron chi connectivity index (χ1n) is 49.2. The summed E-state index contributed by atoms with van der Waals surface area (Å²) in [6, 6.07) is 116. The van der Waals surface area contributed by atoms with E-state index in [1.54, 1.807) is 13.8 Å². The van der Waals surface area contributed by atoms with Crippen LogP contribution in [-0.4, -0.2) is 12.4 Å². The third kappa shape index (κ3) is 27.1. The fraction of sp³-hybridized carbons (Fsp3) is 0.278. The Morgan fingerprint density at radius 3 is 0.857 bits per heavy atom. The fourth-order valence-corrected chi connectivity index (χ4v) is 19.0. The Balaban J connectivity index is 0.000000166. The van der Waals surface area contributed by atoms with Crippen molar-refractivity contribution in [2.75, 3.05) is 0 Å². The number of rotatable bonds is 11. The molecule has 7 heteroatoms. The van der Waals surface area contributed by atoms with Crippen molar-refractivity contribution in [1.29, 1.82) is 0 Å². The Morgan fingerprint density at radius 2 is 0.536 bits per heavy atom. The summed E-state index contributed by atoms with van der Waals surface area (Å²) in [6.45, 7) is 57.9. The second-order valence-corrected chi connectivity index (χ2v) is 39.7. The second kappa shape index (κ2) is 48.2. The van der Waals surface area contributed by atoms with Crippen LogP contribution in [0.2, 0.25) is 0 Å². The topological polar surface area (TPSA) is 9.23 Å². The van der Waals surface area contributed by atoms with E-state index in [4.69, 9.17) is 4.74 Å². The maximum atomic E-state index is 13.7. The number of benzene rings is 16. The van der Waals surface area contributed by atoms with Crippen LogP contribution in [0.25, 0.3) is 11.1 Å². The fourth-order valence-electron chi connectivity index (χ4n) is 19.0. The van der Waals surface area contributed by atoms with Gasteiger partial charge in [-0.15, -0.1) is 0 Å². The highest BCUT2D eigenvalue weighted by atomic mass is 19.4. The van der Waals surface area contributed by atoms with Gasteiger partial charge in [-0.05, 0) is 336 Å². The lowest BCUT2D eigenvalue weighted by atomic mass is 9.67. The van der Waals surface area contributed by atoms with Crippen LogP contribution in [0, 0.1) is 152 Å². The molecular weight excluding hydrogens is 1730 g/mol. The molecule has 0 radical (unpaired) electrons. The van der Waals surface area contributed by atoms with Gasteiger partial charge in [0.1, 0.15) is 11.5 Å². The van der Waals surface area contributed by atoms with E-state index in [-0.39, 0.29) is 16.2 Å². The van der Waals surface area contributed by atoms with Crippen LogP contribution in [0.3, 0.4) is 0 Å². The van der Waals surface area contributed by atoms with Gasteiger partial charge in [0.2, 0.25) is 5.41 Å². The van der Waals surface area contributed by atoms with Crippen LogP contribution in [-0.2, 0) is 40.9 Å². The summed E-state index contributed by atoms with van der Waals surface area (Å²) in [5.74, 6) is 1.76. The van der Waals surface area contributed by atoms with Gasteiger partial charge in [0.05, 0.1) is 5.41 Å². The van der Waals surface area contributed by atoms with Crippen molar-refractivity contribution in [3.63, 3.8) is 0 Å². The van der Waals surface area contributed by atoms with Crippen LogP contribution in [0.5, 0.6) is 11.5 Å². The zero-order chi connectivity index (χ0) is 102. The molecule has 1 atom stereocenters. The van der Waals surface area contributed by atoms with Gasteiger partial charge >= 0.3 is 12.4 Å². The van der Waals surface area contributed by atoms with Gasteiger partial charge < -0.3 is 4.74 Å². The van der Waals surface area contributed by atoms with Crippen LogP contribution >= 0.6 is 0 Å². The summed E-state index contributed by atoms with van der Waals surface area (Å²) in [5, 5.41) is 0. The molecule has 0 heterocycles. The lowest BCUT2D eigenvalue weighted by molar-refractivity contribution is -0.288. The van der Waals surface area contributed by atoms with E-state index in [0.29, 0.717) is 11.1 Å². The summed E-state index contributed by atoms with van der Waals surface area (Å²) >= 11 is 0. The van der Waals surface area contributed by atoms with Gasteiger partial charge in [0, 0.05) is 5.41 Å². The maximum Gasteiger partial charge on any atom is 0.411 e. The van der Waals surface area contributed by atoms with Crippen molar-refractivity contribution in [2.24, 2.45) is 0 Å². The highest BCUT2D eigenvalue weighted by molar-refractivity contribution is 5.86. The second-order valence-electron chi connectivity index (χ2n) is 39.7. The summed E-state index contributed by atoms with van der Waals surface area (Å²) < 4.78 is 88.0. The molecular formula is C133H146F6O. The molecule has 0 saturated heterocycles. The number of alkyl halides is 6. The third-order valence-electron chi connectivity index (χ3n) is 28.0. The van der Waals surface area contributed by atoms with Crippen molar-refractivity contribution < 1.29 is 31.1 Å². The molecule has 0 N–H and O–H groups in total. The number of fused-ring (bicyclic) bond motifs is 4. The van der Waals surface area contributed by atoms with Crippen molar-refractivity contribution in [2.45, 2.75) is 247 Å². The normalized spacial score (nSPS) is 13.2. The molecule has 0 bridgehead atoms. The van der Waals surface area contributed by atoms with Gasteiger partial charge in [-0.1, -0.05) is 434 Å². The SMILES string of the molecule is CCc1cc(CC)c(C)c(C)c1C.Cc1cc(C)c(C)c(C)c1C.Cc1ccc(C(c2ccc(C)cc2)(C(F)(F)F)C(F)(F)F)cc1.Cc1ccc(C)cc1.Cc1ccc(C2(C)CC(C)(C)c3cc(C)ccc32)cc1.Cc1ccc(C2(c3ccc(C)cc3)c3ccccc3-c3ccccc32)cc1.Cc1ccc(Cc2ccc(C)cc2)cc1.Cc1ccc(Oc2ccc(C)cc2)cc1.Cc1cccc(C)c1. The van der Waals surface area contributed by atoms with E-state index in [2.05, 4.69) is 422 Å². The van der Waals surface area contributed by atoms with E-state index in [1.807, 2.05) is 48.5 Å². The maximum absolute atomic E-state index is 13.7. The standard InChI is InChI=1S/C27H22.C20H24.C17H14F6.C15H16.C14H14O.C13H20.C11H16.2C8H10/c1-19-11-15-21(16-12-19)27(22-17-13-20(2)14-18-22)25-9-5-3-7-23(25)24-8-4-6-10-26(24)27;1-14-6-9-16(10-7-14)20(5)13-19(3,4)18-12-15(2)8-11-17(18)20;1-11-3-7-13(8-4-11)15(16(18,19)20,17(21,22)23)14-9-5-12(2)6-10-14;1-12-3-7-14(8-4-12)11-15-9-5-13(2)6-10-15;1-11-3-7-13(8-4-11)15-14-9-5-12(2)6-10-14;1-6-12-8-13(7-2)11(5)9(3)10(12)4;1-7-6-8(2)10(4)11(5)9(7)3;1-7-3-5-8(2)6-4-7;1-7-4-3-5-8(2)6-7/h3-18H,1-2H3;6-12H,13H2,1-5H3;3-10H,1-2H3;3-10H,11H2,1-2H3;3-10H,1-2H3;8H,6-7H2,1-5H3;6H,1-5H3;2*3-6H,1-2H3. The Kier molecular flexibility index (Phi) is 37.5. The van der Waals surface area contributed by atoms with E-state index < -0.39 is 28.9 Å². The first-order valence-corrected chi connectivity index (χ1v) is 49.2. The molecule has 0 fully saturated rings. The van der Waals surface area contributed by atoms with Gasteiger partial charge in [-0.3, -0.25) is 0 Å². The molecule has 2 aliphatic carbocycles. The quantitative estimate of drug-likeness (QED) is 0.117. The average Bonchev–Trinajstić information content (AvgIpc) is 1.45. The molecule has 1 unspecified atom stereocenters. The monoisotopic (exact) mass is 1870 g/mol. The van der Waals surface area contributed by atoms with Gasteiger partial charge in [-0.2, -0.15) is 26.3 Å². The molecule has 0 aromatic heterocycles. The number of hydrogen-bond donors (Lipinski definition) is 0. The Morgan fingerprint density at radius 1 is 0.250 bits per heavy atom. The largest absolute Gasteiger partial charge is 0.457 e. The highest BCUT2D eigenvalue weighted by Gasteiger charge is 2.72. The number of ether oxygens (including phenoxy) is 1. The molecule has 0 amide bonds. The third-order valence-corrected chi connectivity index (χ3v) is 28.0. The van der Waals surface area contributed by atoms with E-state index in [0.717, 1.165) is 55.0 Å². The van der Waals surface area contributed by atoms with Crippen LogP contribution < -0.4 is 4.74 Å². The molecule has 0 saturated carbocycles. The smallest absolute Gasteiger partial charge is 0.411 e. The molecule has 0 spiro atoms. The highest BCUT2D eigenvalue weighted by Crippen LogP contribution is 2.59.